The highest BCUT2D eigenvalue weighted by atomic mass is 16.3. The number of furan rings is 1. The monoisotopic (exact) mass is 815 g/mol. The molecule has 0 amide bonds. The highest BCUT2D eigenvalue weighted by Gasteiger charge is 2.20. The van der Waals surface area contributed by atoms with E-state index >= 15 is 0 Å². The fourth-order valence-corrected chi connectivity index (χ4v) is 9.49. The highest BCUT2D eigenvalue weighted by molar-refractivity contribution is 6.28. The van der Waals surface area contributed by atoms with E-state index in [1.165, 1.54) is 66.1 Å². The molecular weight excluding hydrogens is 775 g/mol. The van der Waals surface area contributed by atoms with Crippen LogP contribution >= 0.6 is 0 Å². The topological polar surface area (TPSA) is 16.4 Å². The normalized spacial score (nSPS) is 11.4. The average molecular weight is 816 g/mol. The van der Waals surface area contributed by atoms with E-state index in [4.69, 9.17) is 4.42 Å². The first-order chi connectivity index (χ1) is 31.7. The summed E-state index contributed by atoms with van der Waals surface area (Å²) in [6.07, 6.45) is 0. The van der Waals surface area contributed by atoms with E-state index in [1.807, 2.05) is 0 Å². The van der Waals surface area contributed by atoms with Crippen LogP contribution in [0.15, 0.2) is 253 Å². The van der Waals surface area contributed by atoms with Crippen LogP contribution in [0.3, 0.4) is 0 Å². The van der Waals surface area contributed by atoms with Crippen LogP contribution in [0.4, 0.5) is 17.1 Å². The van der Waals surface area contributed by atoms with E-state index in [-0.39, 0.29) is 0 Å². The minimum absolute atomic E-state index is 0.896. The largest absolute Gasteiger partial charge is 0.455 e. The van der Waals surface area contributed by atoms with Gasteiger partial charge in [-0.2, -0.15) is 0 Å². The SMILES string of the molecule is c1ccc(-c2cccc(-c3ccc(N(c4ccc(-c5cccc(-c6ccccc6)c5)cc4)c4cccc(-c5cc6ccccc6c6c5oc5ccc7ccccc7c56)c4)cc3)c2)cc1. The van der Waals surface area contributed by atoms with Crippen LogP contribution in [0.1, 0.15) is 0 Å². The summed E-state index contributed by atoms with van der Waals surface area (Å²) < 4.78 is 6.89. The Kier molecular flexibility index (Phi) is 9.20. The van der Waals surface area contributed by atoms with Crippen molar-refractivity contribution in [3.8, 4) is 55.6 Å². The first kappa shape index (κ1) is 37.3. The zero-order valence-electron chi connectivity index (χ0n) is 35.0. The second-order valence-corrected chi connectivity index (χ2v) is 16.5. The van der Waals surface area contributed by atoms with Crippen LogP contribution in [0, 0.1) is 0 Å². The predicted molar refractivity (Wildman–Crippen MR) is 271 cm³/mol. The Morgan fingerprint density at radius 2 is 0.719 bits per heavy atom. The Morgan fingerprint density at radius 3 is 1.30 bits per heavy atom. The van der Waals surface area contributed by atoms with Crippen LogP contribution in [0.2, 0.25) is 0 Å². The van der Waals surface area contributed by atoms with E-state index in [1.54, 1.807) is 0 Å². The summed E-state index contributed by atoms with van der Waals surface area (Å²) in [6.45, 7) is 0. The Bertz CT molecular complexity index is 3520. The molecule has 0 saturated heterocycles. The van der Waals surface area contributed by atoms with Gasteiger partial charge in [0.15, 0.2) is 0 Å². The molecule has 0 aliphatic heterocycles. The van der Waals surface area contributed by atoms with E-state index < -0.39 is 0 Å². The highest BCUT2D eigenvalue weighted by Crippen LogP contribution is 2.45. The van der Waals surface area contributed by atoms with Gasteiger partial charge in [0, 0.05) is 33.4 Å². The molecule has 0 atom stereocenters. The molecular formula is C62H41NO. The van der Waals surface area contributed by atoms with Crippen molar-refractivity contribution in [1.82, 2.24) is 0 Å². The van der Waals surface area contributed by atoms with Gasteiger partial charge in [0.05, 0.1) is 0 Å². The molecule has 0 bridgehead atoms. The third kappa shape index (κ3) is 6.70. The summed E-state index contributed by atoms with van der Waals surface area (Å²) >= 11 is 0. The molecule has 12 rings (SSSR count). The molecule has 0 aliphatic rings. The molecule has 64 heavy (non-hydrogen) atoms. The maximum atomic E-state index is 6.89. The van der Waals surface area contributed by atoms with Crippen molar-refractivity contribution < 1.29 is 4.42 Å². The molecule has 1 heterocycles. The van der Waals surface area contributed by atoms with Crippen LogP contribution in [-0.4, -0.2) is 0 Å². The first-order valence-electron chi connectivity index (χ1n) is 21.9. The van der Waals surface area contributed by atoms with Gasteiger partial charge in [-0.15, -0.1) is 0 Å². The summed E-state index contributed by atoms with van der Waals surface area (Å²) in [5.41, 5.74) is 16.7. The lowest BCUT2D eigenvalue weighted by atomic mass is 9.94. The summed E-state index contributed by atoms with van der Waals surface area (Å²) in [5, 5.41) is 7.09. The molecule has 0 unspecified atom stereocenters. The van der Waals surface area contributed by atoms with Gasteiger partial charge in [-0.05, 0) is 132 Å². The standard InChI is InChI=1S/C62H41NO/c1-3-14-42(15-4-1)47-20-11-22-49(38-47)44-28-33-53(34-29-44)63(54-35-30-45(31-36-54)50-23-12-21-48(39-50)43-16-5-2-6-17-43)55-25-13-24-51(40-55)58-41-52-19-8-10-27-57(52)61-60-56-26-9-7-18-46(56)32-37-59(60)64-62(58)61/h1-41H. The van der Waals surface area contributed by atoms with Crippen LogP contribution in [-0.2, 0) is 0 Å². The summed E-state index contributed by atoms with van der Waals surface area (Å²) in [6, 6.07) is 89.5. The number of benzene rings is 11. The molecule has 0 spiro atoms. The van der Waals surface area contributed by atoms with E-state index in [0.717, 1.165) is 50.1 Å². The third-order valence-corrected chi connectivity index (χ3v) is 12.6. The van der Waals surface area contributed by atoms with Crippen LogP contribution in [0.25, 0.3) is 99.1 Å². The molecule has 11 aromatic carbocycles. The average Bonchev–Trinajstić information content (AvgIpc) is 3.78. The predicted octanol–water partition coefficient (Wildman–Crippen LogP) is 17.7. The van der Waals surface area contributed by atoms with Crippen molar-refractivity contribution in [2.24, 2.45) is 0 Å². The Labute approximate surface area is 372 Å². The second kappa shape index (κ2) is 15.8. The van der Waals surface area contributed by atoms with Crippen molar-refractivity contribution in [2.75, 3.05) is 4.90 Å². The molecule has 0 aliphatic carbocycles. The zero-order valence-corrected chi connectivity index (χ0v) is 35.0. The van der Waals surface area contributed by atoms with Crippen LogP contribution in [0.5, 0.6) is 0 Å². The molecule has 0 fully saturated rings. The number of anilines is 3. The van der Waals surface area contributed by atoms with Gasteiger partial charge in [-0.25, -0.2) is 0 Å². The summed E-state index contributed by atoms with van der Waals surface area (Å²) in [4.78, 5) is 2.36. The molecule has 1 aromatic heterocycles. The molecule has 0 saturated carbocycles. The molecule has 2 heteroatoms. The zero-order chi connectivity index (χ0) is 42.4. The smallest absolute Gasteiger partial charge is 0.143 e. The van der Waals surface area contributed by atoms with Gasteiger partial charge in [0.2, 0.25) is 0 Å². The summed E-state index contributed by atoms with van der Waals surface area (Å²) in [5.74, 6) is 0. The van der Waals surface area contributed by atoms with Crippen molar-refractivity contribution in [2.45, 2.75) is 0 Å². The van der Waals surface area contributed by atoms with Gasteiger partial charge >= 0.3 is 0 Å². The molecule has 0 radical (unpaired) electrons. The lowest BCUT2D eigenvalue weighted by Gasteiger charge is -2.26. The Hall–Kier alpha value is -8.46. The minimum atomic E-state index is 0.896. The maximum Gasteiger partial charge on any atom is 0.143 e. The summed E-state index contributed by atoms with van der Waals surface area (Å²) in [7, 11) is 0. The molecule has 300 valence electrons. The Morgan fingerprint density at radius 1 is 0.266 bits per heavy atom. The van der Waals surface area contributed by atoms with Crippen LogP contribution < -0.4 is 4.90 Å². The van der Waals surface area contributed by atoms with Crippen molar-refractivity contribution in [3.05, 3.63) is 249 Å². The van der Waals surface area contributed by atoms with Crippen molar-refractivity contribution in [1.29, 1.82) is 0 Å². The van der Waals surface area contributed by atoms with Gasteiger partial charge in [0.1, 0.15) is 11.2 Å². The lowest BCUT2D eigenvalue weighted by Crippen LogP contribution is -2.10. The maximum absolute atomic E-state index is 6.89. The fraction of sp³-hybridized carbons (Fsp3) is 0. The van der Waals surface area contributed by atoms with Gasteiger partial charge < -0.3 is 9.32 Å². The lowest BCUT2D eigenvalue weighted by molar-refractivity contribution is 0.670. The van der Waals surface area contributed by atoms with Gasteiger partial charge in [0.25, 0.3) is 0 Å². The van der Waals surface area contributed by atoms with Gasteiger partial charge in [-0.3, -0.25) is 0 Å². The number of nitrogens with zero attached hydrogens (tertiary/aromatic N) is 1. The van der Waals surface area contributed by atoms with Crippen molar-refractivity contribution in [3.63, 3.8) is 0 Å². The fourth-order valence-electron chi connectivity index (χ4n) is 9.49. The third-order valence-electron chi connectivity index (χ3n) is 12.6. The number of hydrogen-bond donors (Lipinski definition) is 0. The quantitative estimate of drug-likeness (QED) is 0.152. The van der Waals surface area contributed by atoms with E-state index in [9.17, 15) is 0 Å². The molecule has 0 N–H and O–H groups in total. The van der Waals surface area contributed by atoms with Crippen molar-refractivity contribution >= 4 is 60.5 Å². The molecule has 2 nitrogen and oxygen atoms in total. The number of fused-ring (bicyclic) bond motifs is 7. The number of hydrogen-bond acceptors (Lipinski definition) is 2. The van der Waals surface area contributed by atoms with Gasteiger partial charge in [-0.1, -0.05) is 188 Å². The first-order valence-corrected chi connectivity index (χ1v) is 21.9. The molecule has 12 aromatic rings. The second-order valence-electron chi connectivity index (χ2n) is 16.5. The minimum Gasteiger partial charge on any atom is -0.455 e. The Balaban J connectivity index is 0.988. The number of rotatable bonds is 8. The van der Waals surface area contributed by atoms with E-state index in [0.29, 0.717) is 0 Å². The van der Waals surface area contributed by atoms with E-state index in [2.05, 4.69) is 254 Å².